The summed E-state index contributed by atoms with van der Waals surface area (Å²) < 4.78 is 0.638. The van der Waals surface area contributed by atoms with Crippen molar-refractivity contribution in [1.82, 2.24) is 10.2 Å². The number of nitrogens with zero attached hydrogens (tertiary/aromatic N) is 3. The number of halogens is 1. The SMILES string of the molecule is Cc1ccccc1Nc1nnc(SC(C)C(=O)Nc2ccc([N+](=O)[O-])cc2Cl)s1. The Bertz CT molecular complexity index is 1060. The molecule has 1 unspecified atom stereocenters. The molecule has 0 aliphatic carbocycles. The average molecular weight is 450 g/mol. The number of para-hydroxylation sites is 1. The maximum Gasteiger partial charge on any atom is 0.271 e. The van der Waals surface area contributed by atoms with Crippen LogP contribution in [0.25, 0.3) is 0 Å². The van der Waals surface area contributed by atoms with E-state index >= 15 is 0 Å². The highest BCUT2D eigenvalue weighted by molar-refractivity contribution is 8.02. The Labute approximate surface area is 179 Å². The highest BCUT2D eigenvalue weighted by Gasteiger charge is 2.19. The minimum absolute atomic E-state index is 0.102. The quantitative estimate of drug-likeness (QED) is 0.287. The number of rotatable bonds is 7. The second kappa shape index (κ2) is 9.21. The number of anilines is 3. The minimum Gasteiger partial charge on any atom is -0.330 e. The van der Waals surface area contributed by atoms with Crippen molar-refractivity contribution in [3.8, 4) is 0 Å². The first-order valence-corrected chi connectivity index (χ1v) is 10.5. The van der Waals surface area contributed by atoms with Crippen molar-refractivity contribution in [2.45, 2.75) is 23.4 Å². The van der Waals surface area contributed by atoms with Gasteiger partial charge in [0.05, 0.1) is 20.9 Å². The van der Waals surface area contributed by atoms with Gasteiger partial charge in [0.25, 0.3) is 5.69 Å². The maximum absolute atomic E-state index is 12.4. The summed E-state index contributed by atoms with van der Waals surface area (Å²) in [5.41, 5.74) is 2.20. The normalized spacial score (nSPS) is 11.7. The predicted molar refractivity (Wildman–Crippen MR) is 116 cm³/mol. The molecule has 0 bridgehead atoms. The Morgan fingerprint density at radius 3 is 2.69 bits per heavy atom. The zero-order chi connectivity index (χ0) is 21.0. The first-order chi connectivity index (χ1) is 13.8. The molecule has 150 valence electrons. The summed E-state index contributed by atoms with van der Waals surface area (Å²) in [7, 11) is 0. The summed E-state index contributed by atoms with van der Waals surface area (Å²) in [5.74, 6) is -0.297. The van der Waals surface area contributed by atoms with Gasteiger partial charge >= 0.3 is 0 Å². The van der Waals surface area contributed by atoms with Crippen molar-refractivity contribution in [2.24, 2.45) is 0 Å². The van der Waals surface area contributed by atoms with Crippen LogP contribution in [0.5, 0.6) is 0 Å². The van der Waals surface area contributed by atoms with E-state index in [0.717, 1.165) is 11.3 Å². The standard InChI is InChI=1S/C18H16ClN5O3S2/c1-10-5-3-4-6-14(10)21-17-22-23-18(29-17)28-11(2)16(25)20-15-8-7-12(24(26)27)9-13(15)19/h3-9,11H,1-2H3,(H,20,25)(H,21,22). The molecule has 0 aliphatic heterocycles. The van der Waals surface area contributed by atoms with Gasteiger partial charge < -0.3 is 10.6 Å². The second-order valence-corrected chi connectivity index (χ2v) is 8.96. The molecule has 0 spiro atoms. The van der Waals surface area contributed by atoms with Crippen molar-refractivity contribution >= 4 is 62.8 Å². The van der Waals surface area contributed by atoms with Crippen LogP contribution in [0.4, 0.5) is 22.2 Å². The van der Waals surface area contributed by atoms with Gasteiger partial charge in [-0.25, -0.2) is 0 Å². The molecule has 0 radical (unpaired) electrons. The molecule has 1 aromatic heterocycles. The summed E-state index contributed by atoms with van der Waals surface area (Å²) in [5, 5.41) is 25.1. The van der Waals surface area contributed by atoms with Gasteiger partial charge in [-0.3, -0.25) is 14.9 Å². The number of amides is 1. The van der Waals surface area contributed by atoms with Crippen LogP contribution in [0.2, 0.25) is 5.02 Å². The van der Waals surface area contributed by atoms with Crippen LogP contribution in [-0.4, -0.2) is 26.3 Å². The Morgan fingerprint density at radius 1 is 1.24 bits per heavy atom. The average Bonchev–Trinajstić information content (AvgIpc) is 3.11. The number of nitro benzene ring substituents is 1. The van der Waals surface area contributed by atoms with Gasteiger partial charge in [0.1, 0.15) is 0 Å². The van der Waals surface area contributed by atoms with E-state index < -0.39 is 10.2 Å². The fourth-order valence-electron chi connectivity index (χ4n) is 2.29. The molecule has 1 atom stereocenters. The van der Waals surface area contributed by atoms with Crippen LogP contribution in [0, 0.1) is 17.0 Å². The molecular formula is C18H16ClN5O3S2. The molecule has 11 heteroatoms. The van der Waals surface area contributed by atoms with Crippen molar-refractivity contribution in [3.05, 3.63) is 63.2 Å². The fraction of sp³-hybridized carbons (Fsp3) is 0.167. The molecule has 8 nitrogen and oxygen atoms in total. The van der Waals surface area contributed by atoms with Gasteiger partial charge in [0.15, 0.2) is 4.34 Å². The van der Waals surface area contributed by atoms with Crippen LogP contribution < -0.4 is 10.6 Å². The molecule has 0 saturated carbocycles. The zero-order valence-electron chi connectivity index (χ0n) is 15.4. The molecule has 3 rings (SSSR count). The molecule has 1 amide bonds. The smallest absolute Gasteiger partial charge is 0.271 e. The Kier molecular flexibility index (Phi) is 6.68. The molecule has 0 fully saturated rings. The summed E-state index contributed by atoms with van der Waals surface area (Å²) in [4.78, 5) is 22.7. The van der Waals surface area contributed by atoms with E-state index in [0.29, 0.717) is 15.2 Å². The first-order valence-electron chi connectivity index (χ1n) is 8.41. The molecule has 0 saturated heterocycles. The van der Waals surface area contributed by atoms with Gasteiger partial charge in [0, 0.05) is 17.8 Å². The van der Waals surface area contributed by atoms with Crippen LogP contribution in [0.15, 0.2) is 46.8 Å². The lowest BCUT2D eigenvalue weighted by Crippen LogP contribution is -2.22. The first kappa shape index (κ1) is 21.0. The Balaban J connectivity index is 1.61. The number of aromatic nitrogens is 2. The van der Waals surface area contributed by atoms with Gasteiger partial charge in [-0.1, -0.05) is 52.9 Å². The van der Waals surface area contributed by atoms with E-state index in [9.17, 15) is 14.9 Å². The van der Waals surface area contributed by atoms with Crippen LogP contribution in [0.1, 0.15) is 12.5 Å². The number of hydrogen-bond donors (Lipinski definition) is 2. The summed E-state index contributed by atoms with van der Waals surface area (Å²) >= 11 is 8.63. The molecule has 3 aromatic rings. The lowest BCUT2D eigenvalue weighted by atomic mass is 10.2. The number of carbonyl (C=O) groups is 1. The monoisotopic (exact) mass is 449 g/mol. The number of aryl methyl sites for hydroxylation is 1. The number of hydrogen-bond acceptors (Lipinski definition) is 8. The molecule has 0 aliphatic rings. The third-order valence-corrected chi connectivity index (χ3v) is 6.20. The molecule has 2 N–H and O–H groups in total. The van der Waals surface area contributed by atoms with Gasteiger partial charge in [-0.15, -0.1) is 10.2 Å². The van der Waals surface area contributed by atoms with E-state index in [4.69, 9.17) is 11.6 Å². The molecular weight excluding hydrogens is 434 g/mol. The van der Waals surface area contributed by atoms with E-state index in [-0.39, 0.29) is 16.6 Å². The van der Waals surface area contributed by atoms with E-state index in [1.54, 1.807) is 6.92 Å². The minimum atomic E-state index is -0.548. The summed E-state index contributed by atoms with van der Waals surface area (Å²) in [6.07, 6.45) is 0. The molecule has 29 heavy (non-hydrogen) atoms. The number of carbonyl (C=O) groups excluding carboxylic acids is 1. The fourth-order valence-corrected chi connectivity index (χ4v) is 4.42. The topological polar surface area (TPSA) is 110 Å². The Morgan fingerprint density at radius 2 is 2.00 bits per heavy atom. The lowest BCUT2D eigenvalue weighted by molar-refractivity contribution is -0.384. The van der Waals surface area contributed by atoms with Crippen molar-refractivity contribution in [1.29, 1.82) is 0 Å². The van der Waals surface area contributed by atoms with Crippen molar-refractivity contribution in [3.63, 3.8) is 0 Å². The second-order valence-electron chi connectivity index (χ2n) is 5.98. The van der Waals surface area contributed by atoms with Crippen molar-refractivity contribution < 1.29 is 9.72 Å². The largest absolute Gasteiger partial charge is 0.330 e. The molecule has 2 aromatic carbocycles. The van der Waals surface area contributed by atoms with Gasteiger partial charge in [-0.2, -0.15) is 0 Å². The van der Waals surface area contributed by atoms with Crippen molar-refractivity contribution in [2.75, 3.05) is 10.6 Å². The van der Waals surface area contributed by atoms with E-state index in [1.165, 1.54) is 41.3 Å². The third kappa shape index (κ3) is 5.43. The maximum atomic E-state index is 12.4. The van der Waals surface area contributed by atoms with Gasteiger partial charge in [-0.05, 0) is 31.5 Å². The predicted octanol–water partition coefficient (Wildman–Crippen LogP) is 5.27. The highest BCUT2D eigenvalue weighted by atomic mass is 35.5. The highest BCUT2D eigenvalue weighted by Crippen LogP contribution is 2.32. The number of nitro groups is 1. The van der Waals surface area contributed by atoms with Crippen LogP contribution in [0.3, 0.4) is 0 Å². The summed E-state index contributed by atoms with van der Waals surface area (Å²) in [6.45, 7) is 3.73. The summed E-state index contributed by atoms with van der Waals surface area (Å²) in [6, 6.07) is 11.7. The number of nitrogens with one attached hydrogen (secondary N) is 2. The van der Waals surface area contributed by atoms with Crippen LogP contribution in [-0.2, 0) is 4.79 Å². The van der Waals surface area contributed by atoms with Crippen LogP contribution >= 0.6 is 34.7 Å². The zero-order valence-corrected chi connectivity index (χ0v) is 17.8. The van der Waals surface area contributed by atoms with E-state index in [2.05, 4.69) is 20.8 Å². The Hall–Kier alpha value is -2.69. The van der Waals surface area contributed by atoms with E-state index in [1.807, 2.05) is 31.2 Å². The number of benzene rings is 2. The lowest BCUT2D eigenvalue weighted by Gasteiger charge is -2.11. The third-order valence-electron chi connectivity index (χ3n) is 3.86. The molecule has 1 heterocycles. The van der Waals surface area contributed by atoms with Gasteiger partial charge in [0.2, 0.25) is 11.0 Å². The number of non-ortho nitro benzene ring substituents is 1. The number of thioether (sulfide) groups is 1.